The Balaban J connectivity index is 2.39. The second-order valence-corrected chi connectivity index (χ2v) is 4.18. The lowest BCUT2D eigenvalue weighted by Gasteiger charge is -2.15. The molecule has 1 rings (SSSR count). The van der Waals surface area contributed by atoms with Crippen molar-refractivity contribution in [3.63, 3.8) is 0 Å². The standard InChI is InChI=1S/C13H18F3NO/c1-3-18-12-6-4-11(5-7-12)9-17-10(2)8-13(14,15)16/h4-7,10,17H,3,8-9H2,1-2H3. The van der Waals surface area contributed by atoms with E-state index in [9.17, 15) is 13.2 Å². The van der Waals surface area contributed by atoms with E-state index < -0.39 is 18.6 Å². The second-order valence-electron chi connectivity index (χ2n) is 4.18. The van der Waals surface area contributed by atoms with Crippen LogP contribution in [0.3, 0.4) is 0 Å². The van der Waals surface area contributed by atoms with Crippen LogP contribution in [0.15, 0.2) is 24.3 Å². The molecule has 102 valence electrons. The number of halogens is 3. The third-order valence-corrected chi connectivity index (χ3v) is 2.43. The Bertz CT molecular complexity index is 348. The van der Waals surface area contributed by atoms with E-state index in [1.807, 2.05) is 31.2 Å². The van der Waals surface area contributed by atoms with Gasteiger partial charge in [0.05, 0.1) is 13.0 Å². The Morgan fingerprint density at radius 1 is 1.22 bits per heavy atom. The lowest BCUT2D eigenvalue weighted by molar-refractivity contribution is -0.139. The van der Waals surface area contributed by atoms with Crippen LogP contribution in [0, 0.1) is 0 Å². The largest absolute Gasteiger partial charge is 0.494 e. The van der Waals surface area contributed by atoms with Crippen molar-refractivity contribution in [2.45, 2.75) is 39.0 Å². The fraction of sp³-hybridized carbons (Fsp3) is 0.538. The summed E-state index contributed by atoms with van der Waals surface area (Å²) >= 11 is 0. The summed E-state index contributed by atoms with van der Waals surface area (Å²) in [5.41, 5.74) is 0.937. The Morgan fingerprint density at radius 3 is 2.33 bits per heavy atom. The lowest BCUT2D eigenvalue weighted by atomic mass is 10.2. The number of hydrogen-bond donors (Lipinski definition) is 1. The molecule has 0 aliphatic carbocycles. The fourth-order valence-electron chi connectivity index (χ4n) is 1.58. The van der Waals surface area contributed by atoms with Crippen molar-refractivity contribution in [3.8, 4) is 5.75 Å². The van der Waals surface area contributed by atoms with Gasteiger partial charge in [-0.25, -0.2) is 0 Å². The van der Waals surface area contributed by atoms with E-state index in [0.29, 0.717) is 13.2 Å². The molecular weight excluding hydrogens is 243 g/mol. The normalized spacial score (nSPS) is 13.4. The van der Waals surface area contributed by atoms with E-state index in [2.05, 4.69) is 5.32 Å². The molecule has 1 atom stereocenters. The molecule has 0 heterocycles. The molecule has 1 unspecified atom stereocenters. The van der Waals surface area contributed by atoms with E-state index in [1.165, 1.54) is 6.92 Å². The minimum atomic E-state index is -4.12. The van der Waals surface area contributed by atoms with Gasteiger partial charge in [-0.2, -0.15) is 13.2 Å². The third kappa shape index (κ3) is 5.91. The third-order valence-electron chi connectivity index (χ3n) is 2.43. The van der Waals surface area contributed by atoms with E-state index in [-0.39, 0.29) is 0 Å². The van der Waals surface area contributed by atoms with Crippen LogP contribution in [0.25, 0.3) is 0 Å². The van der Waals surface area contributed by atoms with E-state index in [1.54, 1.807) is 0 Å². The summed E-state index contributed by atoms with van der Waals surface area (Å²) < 4.78 is 41.6. The smallest absolute Gasteiger partial charge is 0.390 e. The first-order chi connectivity index (χ1) is 8.40. The molecule has 0 aliphatic heterocycles. The molecule has 0 spiro atoms. The molecular formula is C13H18F3NO. The maximum Gasteiger partial charge on any atom is 0.390 e. The van der Waals surface area contributed by atoms with Gasteiger partial charge in [0.15, 0.2) is 0 Å². The lowest BCUT2D eigenvalue weighted by Crippen LogP contribution is -2.30. The number of nitrogens with one attached hydrogen (secondary N) is 1. The monoisotopic (exact) mass is 261 g/mol. The van der Waals surface area contributed by atoms with Crippen LogP contribution in [0.2, 0.25) is 0 Å². The second kappa shape index (κ2) is 6.64. The molecule has 0 aliphatic rings. The molecule has 5 heteroatoms. The summed E-state index contributed by atoms with van der Waals surface area (Å²) in [5.74, 6) is 0.768. The molecule has 1 N–H and O–H groups in total. The highest BCUT2D eigenvalue weighted by Gasteiger charge is 2.29. The Hall–Kier alpha value is -1.23. The summed E-state index contributed by atoms with van der Waals surface area (Å²) in [5, 5.41) is 2.85. The van der Waals surface area contributed by atoms with Gasteiger partial charge in [-0.1, -0.05) is 12.1 Å². The number of rotatable bonds is 6. The quantitative estimate of drug-likeness (QED) is 0.846. The summed E-state index contributed by atoms with van der Waals surface area (Å²) in [6.07, 6.45) is -4.94. The number of hydrogen-bond acceptors (Lipinski definition) is 2. The van der Waals surface area contributed by atoms with Crippen molar-refractivity contribution in [1.29, 1.82) is 0 Å². The van der Waals surface area contributed by atoms with Crippen LogP contribution in [-0.4, -0.2) is 18.8 Å². The molecule has 0 fully saturated rings. The van der Waals surface area contributed by atoms with Crippen LogP contribution in [0.4, 0.5) is 13.2 Å². The molecule has 1 aromatic carbocycles. The maximum atomic E-state index is 12.1. The van der Waals surface area contributed by atoms with Crippen molar-refractivity contribution in [3.05, 3.63) is 29.8 Å². The topological polar surface area (TPSA) is 21.3 Å². The first-order valence-electron chi connectivity index (χ1n) is 5.92. The van der Waals surface area contributed by atoms with Gasteiger partial charge >= 0.3 is 6.18 Å². The maximum absolute atomic E-state index is 12.1. The van der Waals surface area contributed by atoms with Crippen molar-refractivity contribution in [2.24, 2.45) is 0 Å². The Morgan fingerprint density at radius 2 is 1.83 bits per heavy atom. The Labute approximate surface area is 105 Å². The number of alkyl halides is 3. The van der Waals surface area contributed by atoms with Gasteiger partial charge in [-0.15, -0.1) is 0 Å². The van der Waals surface area contributed by atoms with Gasteiger partial charge in [0.25, 0.3) is 0 Å². The van der Waals surface area contributed by atoms with Crippen LogP contribution in [-0.2, 0) is 6.54 Å². The first kappa shape index (κ1) is 14.8. The van der Waals surface area contributed by atoms with E-state index in [4.69, 9.17) is 4.74 Å². The summed E-state index contributed by atoms with van der Waals surface area (Å²) in [6.45, 7) is 4.44. The summed E-state index contributed by atoms with van der Waals surface area (Å²) in [6, 6.07) is 6.73. The van der Waals surface area contributed by atoms with Crippen molar-refractivity contribution >= 4 is 0 Å². The average Bonchev–Trinajstić information content (AvgIpc) is 2.26. The van der Waals surface area contributed by atoms with Gasteiger partial charge in [-0.05, 0) is 31.5 Å². The molecule has 18 heavy (non-hydrogen) atoms. The predicted molar refractivity (Wildman–Crippen MR) is 64.6 cm³/mol. The predicted octanol–water partition coefficient (Wildman–Crippen LogP) is 3.52. The highest BCUT2D eigenvalue weighted by molar-refractivity contribution is 5.27. The molecule has 0 bridgehead atoms. The molecule has 0 saturated heterocycles. The van der Waals surface area contributed by atoms with Gasteiger partial charge in [0, 0.05) is 12.6 Å². The highest BCUT2D eigenvalue weighted by atomic mass is 19.4. The molecule has 1 aromatic rings. The highest BCUT2D eigenvalue weighted by Crippen LogP contribution is 2.21. The van der Waals surface area contributed by atoms with E-state index in [0.717, 1.165) is 11.3 Å². The zero-order valence-electron chi connectivity index (χ0n) is 10.6. The molecule has 0 radical (unpaired) electrons. The van der Waals surface area contributed by atoms with Gasteiger partial charge < -0.3 is 10.1 Å². The van der Waals surface area contributed by atoms with Gasteiger partial charge in [0.2, 0.25) is 0 Å². The zero-order chi connectivity index (χ0) is 13.6. The minimum absolute atomic E-state index is 0.420. The summed E-state index contributed by atoms with van der Waals surface area (Å²) in [7, 11) is 0. The molecule has 2 nitrogen and oxygen atoms in total. The van der Waals surface area contributed by atoms with E-state index >= 15 is 0 Å². The zero-order valence-corrected chi connectivity index (χ0v) is 10.6. The van der Waals surface area contributed by atoms with Crippen molar-refractivity contribution < 1.29 is 17.9 Å². The number of benzene rings is 1. The average molecular weight is 261 g/mol. The summed E-state index contributed by atoms with van der Waals surface area (Å²) in [4.78, 5) is 0. The first-order valence-corrected chi connectivity index (χ1v) is 5.92. The van der Waals surface area contributed by atoms with Gasteiger partial charge in [-0.3, -0.25) is 0 Å². The molecule has 0 saturated carbocycles. The Kier molecular flexibility index (Phi) is 5.47. The van der Waals surface area contributed by atoms with Crippen LogP contribution < -0.4 is 10.1 Å². The van der Waals surface area contributed by atoms with Crippen molar-refractivity contribution in [2.75, 3.05) is 6.61 Å². The molecule has 0 amide bonds. The fourth-order valence-corrected chi connectivity index (χ4v) is 1.58. The van der Waals surface area contributed by atoms with Crippen LogP contribution in [0.1, 0.15) is 25.8 Å². The van der Waals surface area contributed by atoms with Crippen LogP contribution >= 0.6 is 0 Å². The van der Waals surface area contributed by atoms with Crippen LogP contribution in [0.5, 0.6) is 5.75 Å². The van der Waals surface area contributed by atoms with Gasteiger partial charge in [0.1, 0.15) is 5.75 Å². The molecule has 0 aromatic heterocycles. The van der Waals surface area contributed by atoms with Crippen molar-refractivity contribution in [1.82, 2.24) is 5.32 Å². The minimum Gasteiger partial charge on any atom is -0.494 e. The SMILES string of the molecule is CCOc1ccc(CNC(C)CC(F)(F)F)cc1. The number of ether oxygens (including phenoxy) is 1.